The van der Waals surface area contributed by atoms with Crippen molar-refractivity contribution in [1.82, 2.24) is 0 Å². The summed E-state index contributed by atoms with van der Waals surface area (Å²) in [4.78, 5) is 27.6. The molecular weight excluding hydrogens is 357 g/mol. The van der Waals surface area contributed by atoms with Crippen molar-refractivity contribution in [2.45, 2.75) is 12.8 Å². The normalized spacial score (nSPS) is 11.4. The predicted octanol–water partition coefficient (Wildman–Crippen LogP) is 3.23. The highest BCUT2D eigenvalue weighted by atomic mass is 19.4. The van der Waals surface area contributed by atoms with E-state index in [0.717, 1.165) is 18.3 Å². The molecule has 1 amide bonds. The Labute approximate surface area is 145 Å². The van der Waals surface area contributed by atoms with Gasteiger partial charge in [0.1, 0.15) is 12.0 Å². The van der Waals surface area contributed by atoms with Gasteiger partial charge < -0.3 is 19.3 Å². The third-order valence-electron chi connectivity index (χ3n) is 2.96. The molecule has 1 N–H and O–H groups in total. The van der Waals surface area contributed by atoms with Crippen molar-refractivity contribution in [3.05, 3.63) is 53.5 Å². The smallest absolute Gasteiger partial charge is 0.416 e. The molecule has 0 aliphatic heterocycles. The van der Waals surface area contributed by atoms with Gasteiger partial charge in [-0.2, -0.15) is 13.2 Å². The topological polar surface area (TPSA) is 90.1 Å². The second-order valence-electron chi connectivity index (χ2n) is 4.83. The number of carbonyl (C=O) groups is 2. The van der Waals surface area contributed by atoms with Gasteiger partial charge in [-0.15, -0.1) is 0 Å². The van der Waals surface area contributed by atoms with Gasteiger partial charge in [0.15, 0.2) is 6.61 Å². The van der Waals surface area contributed by atoms with Gasteiger partial charge in [0.2, 0.25) is 5.76 Å². The Bertz CT molecular complexity index is 814. The van der Waals surface area contributed by atoms with Crippen LogP contribution in [0.2, 0.25) is 0 Å². The number of halogens is 3. The number of amides is 1. The molecule has 7 nitrogen and oxygen atoms in total. The lowest BCUT2D eigenvalue weighted by Gasteiger charge is -2.08. The molecule has 1 aromatic carbocycles. The van der Waals surface area contributed by atoms with E-state index in [1.807, 2.05) is 0 Å². The largest absolute Gasteiger partial charge is 0.463 e. The van der Waals surface area contributed by atoms with E-state index >= 15 is 0 Å². The quantitative estimate of drug-likeness (QED) is 0.479. The molecule has 10 heteroatoms. The summed E-state index contributed by atoms with van der Waals surface area (Å²) < 4.78 is 47.3. The van der Waals surface area contributed by atoms with Gasteiger partial charge in [-0.3, -0.25) is 4.79 Å². The zero-order chi connectivity index (χ0) is 19.2. The van der Waals surface area contributed by atoms with Crippen LogP contribution in [-0.4, -0.2) is 25.2 Å². The monoisotopic (exact) mass is 370 g/mol. The standard InChI is InChI=1S/C16H13F3N2O5/c1-24-15(23)13-6-5-12(26-13)9-25-20-8-14(22)21-11-4-2-3-10(7-11)16(17,18)19/h2-8H,9H2,1H3,(H,21,22)/b20-8+. The number of rotatable bonds is 6. The van der Waals surface area contributed by atoms with Crippen LogP contribution in [0.25, 0.3) is 0 Å². The van der Waals surface area contributed by atoms with E-state index in [0.29, 0.717) is 0 Å². The Morgan fingerprint density at radius 1 is 1.27 bits per heavy atom. The number of methoxy groups -OCH3 is 1. The predicted molar refractivity (Wildman–Crippen MR) is 83.4 cm³/mol. The summed E-state index contributed by atoms with van der Waals surface area (Å²) >= 11 is 0. The summed E-state index contributed by atoms with van der Waals surface area (Å²) in [5, 5.41) is 5.60. The number of esters is 1. The van der Waals surface area contributed by atoms with Gasteiger partial charge in [0.05, 0.1) is 12.7 Å². The second-order valence-corrected chi connectivity index (χ2v) is 4.83. The van der Waals surface area contributed by atoms with Gasteiger partial charge in [-0.25, -0.2) is 4.79 Å². The van der Waals surface area contributed by atoms with Crippen LogP contribution in [0.1, 0.15) is 21.9 Å². The molecule has 0 atom stereocenters. The number of hydrogen-bond donors (Lipinski definition) is 1. The maximum atomic E-state index is 12.6. The van der Waals surface area contributed by atoms with Gasteiger partial charge in [-0.05, 0) is 30.3 Å². The number of alkyl halides is 3. The molecule has 1 aromatic heterocycles. The number of nitrogens with zero attached hydrogens (tertiary/aromatic N) is 1. The lowest BCUT2D eigenvalue weighted by atomic mass is 10.2. The zero-order valence-electron chi connectivity index (χ0n) is 13.4. The minimum Gasteiger partial charge on any atom is -0.463 e. The summed E-state index contributed by atoms with van der Waals surface area (Å²) in [6, 6.07) is 7.00. The molecule has 0 saturated carbocycles. The first-order chi connectivity index (χ1) is 12.3. The van der Waals surface area contributed by atoms with Crippen molar-refractivity contribution in [3.8, 4) is 0 Å². The van der Waals surface area contributed by atoms with Crippen LogP contribution in [0, 0.1) is 0 Å². The Balaban J connectivity index is 1.84. The van der Waals surface area contributed by atoms with E-state index in [9.17, 15) is 22.8 Å². The fraction of sp³-hybridized carbons (Fsp3) is 0.188. The molecule has 0 radical (unpaired) electrons. The van der Waals surface area contributed by atoms with Gasteiger partial charge >= 0.3 is 12.1 Å². The molecule has 2 rings (SSSR count). The van der Waals surface area contributed by atoms with Crippen molar-refractivity contribution in [2.75, 3.05) is 12.4 Å². The molecule has 0 aliphatic rings. The zero-order valence-corrected chi connectivity index (χ0v) is 13.4. The average Bonchev–Trinajstić information content (AvgIpc) is 3.06. The number of oxime groups is 1. The van der Waals surface area contributed by atoms with Gasteiger partial charge in [0.25, 0.3) is 5.91 Å². The van der Waals surface area contributed by atoms with E-state index in [4.69, 9.17) is 9.25 Å². The first-order valence-corrected chi connectivity index (χ1v) is 7.10. The second kappa shape index (κ2) is 8.19. The van der Waals surface area contributed by atoms with Crippen molar-refractivity contribution in [1.29, 1.82) is 0 Å². The Hall–Kier alpha value is -3.30. The molecule has 0 bridgehead atoms. The van der Waals surface area contributed by atoms with Crippen LogP contribution in [0.5, 0.6) is 0 Å². The highest BCUT2D eigenvalue weighted by Crippen LogP contribution is 2.30. The SMILES string of the molecule is COC(=O)c1ccc(CO/N=C/C(=O)Nc2cccc(C(F)(F)F)c2)o1. The number of nitrogens with one attached hydrogen (secondary N) is 1. The first kappa shape index (κ1) is 19.0. The third-order valence-corrected chi connectivity index (χ3v) is 2.96. The summed E-state index contributed by atoms with van der Waals surface area (Å²) in [6.45, 7) is -0.162. The fourth-order valence-corrected chi connectivity index (χ4v) is 1.80. The Kier molecular flexibility index (Phi) is 5.99. The summed E-state index contributed by atoms with van der Waals surface area (Å²) in [5.41, 5.74) is -0.923. The minimum absolute atomic E-state index is 0.0163. The van der Waals surface area contributed by atoms with Crippen LogP contribution in [-0.2, 0) is 27.2 Å². The van der Waals surface area contributed by atoms with E-state index in [-0.39, 0.29) is 23.8 Å². The number of carbonyl (C=O) groups excluding carboxylic acids is 2. The van der Waals surface area contributed by atoms with Crippen LogP contribution in [0.15, 0.2) is 46.0 Å². The van der Waals surface area contributed by atoms with E-state index in [1.54, 1.807) is 0 Å². The average molecular weight is 370 g/mol. The van der Waals surface area contributed by atoms with Crippen LogP contribution in [0.4, 0.5) is 18.9 Å². The summed E-state index contributed by atoms with van der Waals surface area (Å²) in [7, 11) is 1.20. The third kappa shape index (κ3) is 5.36. The molecule has 0 unspecified atom stereocenters. The minimum atomic E-state index is -4.51. The molecule has 0 spiro atoms. The highest BCUT2D eigenvalue weighted by molar-refractivity contribution is 6.31. The first-order valence-electron chi connectivity index (χ1n) is 7.10. The number of benzene rings is 1. The molecule has 26 heavy (non-hydrogen) atoms. The number of anilines is 1. The fourth-order valence-electron chi connectivity index (χ4n) is 1.80. The van der Waals surface area contributed by atoms with Crippen molar-refractivity contribution in [3.63, 3.8) is 0 Å². The van der Waals surface area contributed by atoms with E-state index in [1.165, 1.54) is 31.4 Å². The van der Waals surface area contributed by atoms with Crippen LogP contribution < -0.4 is 5.32 Å². The number of ether oxygens (including phenoxy) is 1. The van der Waals surface area contributed by atoms with Gasteiger partial charge in [-0.1, -0.05) is 11.2 Å². The molecule has 0 fully saturated rings. The van der Waals surface area contributed by atoms with Crippen LogP contribution >= 0.6 is 0 Å². The molecule has 1 heterocycles. The van der Waals surface area contributed by atoms with E-state index in [2.05, 4.69) is 15.2 Å². The van der Waals surface area contributed by atoms with Crippen LogP contribution in [0.3, 0.4) is 0 Å². The molecule has 0 aliphatic carbocycles. The Morgan fingerprint density at radius 2 is 2.04 bits per heavy atom. The lowest BCUT2D eigenvalue weighted by Crippen LogP contribution is -2.14. The molecule has 2 aromatic rings. The summed E-state index contributed by atoms with van der Waals surface area (Å²) in [5.74, 6) is -1.18. The maximum Gasteiger partial charge on any atom is 0.416 e. The van der Waals surface area contributed by atoms with Crippen molar-refractivity contribution in [2.24, 2.45) is 5.16 Å². The molecular formula is C16H13F3N2O5. The Morgan fingerprint density at radius 3 is 2.73 bits per heavy atom. The van der Waals surface area contributed by atoms with E-state index < -0.39 is 23.6 Å². The summed E-state index contributed by atoms with van der Waals surface area (Å²) in [6.07, 6.45) is -3.76. The lowest BCUT2D eigenvalue weighted by molar-refractivity contribution is -0.137. The number of furan rings is 1. The van der Waals surface area contributed by atoms with Crippen molar-refractivity contribution >= 4 is 23.8 Å². The van der Waals surface area contributed by atoms with Crippen molar-refractivity contribution < 1.29 is 36.8 Å². The van der Waals surface area contributed by atoms with Gasteiger partial charge in [0, 0.05) is 5.69 Å². The highest BCUT2D eigenvalue weighted by Gasteiger charge is 2.30. The molecule has 138 valence electrons. The molecule has 0 saturated heterocycles. The maximum absolute atomic E-state index is 12.6. The number of hydrogen-bond acceptors (Lipinski definition) is 6.